The van der Waals surface area contributed by atoms with E-state index in [0.29, 0.717) is 21.6 Å². The zero-order valence-corrected chi connectivity index (χ0v) is 11.6. The quantitative estimate of drug-likeness (QED) is 0.882. The largest absolute Gasteiger partial charge is 0.497 e. The molecule has 0 spiro atoms. The van der Waals surface area contributed by atoms with Crippen LogP contribution in [0.2, 0.25) is 0 Å². The minimum atomic E-state index is -0.486. The van der Waals surface area contributed by atoms with Crippen molar-refractivity contribution in [3.05, 3.63) is 52.5 Å². The summed E-state index contributed by atoms with van der Waals surface area (Å²) < 4.78 is 18.7. The Hall–Kier alpha value is -1.95. The summed E-state index contributed by atoms with van der Waals surface area (Å²) in [5.74, 6) is -0.534. The number of nitrogens with one attached hydrogen (secondary N) is 1. The zero-order valence-electron chi connectivity index (χ0n) is 9.98. The number of hydrogen-bond acceptors (Lipinski definition) is 3. The van der Waals surface area contributed by atoms with Gasteiger partial charge >= 0.3 is 0 Å². The highest BCUT2D eigenvalue weighted by molar-refractivity contribution is 9.10. The normalized spacial score (nSPS) is 10.1. The van der Waals surface area contributed by atoms with E-state index in [1.807, 2.05) is 0 Å². The van der Waals surface area contributed by atoms with E-state index in [2.05, 4.69) is 26.2 Å². The number of carbonyl (C=O) groups is 1. The van der Waals surface area contributed by atoms with Crippen molar-refractivity contribution in [2.45, 2.75) is 0 Å². The summed E-state index contributed by atoms with van der Waals surface area (Å²) in [6, 6.07) is 7.24. The molecule has 2 aromatic rings. The van der Waals surface area contributed by atoms with E-state index in [4.69, 9.17) is 4.74 Å². The van der Waals surface area contributed by atoms with Crippen molar-refractivity contribution < 1.29 is 13.9 Å². The summed E-state index contributed by atoms with van der Waals surface area (Å²) in [5.41, 5.74) is 0.684. The zero-order chi connectivity index (χ0) is 13.8. The number of carbonyl (C=O) groups excluding carboxylic acids is 1. The maximum atomic E-state index is 13.3. The topological polar surface area (TPSA) is 51.2 Å². The fraction of sp³-hybridized carbons (Fsp3) is 0.0769. The first-order valence-electron chi connectivity index (χ1n) is 5.36. The molecule has 1 aromatic carbocycles. The molecule has 0 radical (unpaired) electrons. The molecular formula is C13H10BrFN2O2. The monoisotopic (exact) mass is 324 g/mol. The smallest absolute Gasteiger partial charge is 0.258 e. The maximum Gasteiger partial charge on any atom is 0.258 e. The van der Waals surface area contributed by atoms with Crippen molar-refractivity contribution in [3.63, 3.8) is 0 Å². The van der Waals surface area contributed by atoms with Crippen molar-refractivity contribution >= 4 is 27.5 Å². The highest BCUT2D eigenvalue weighted by atomic mass is 79.9. The second-order valence-corrected chi connectivity index (χ2v) is 4.43. The molecule has 2 rings (SSSR count). The first-order valence-corrected chi connectivity index (χ1v) is 6.16. The van der Waals surface area contributed by atoms with Gasteiger partial charge in [0.1, 0.15) is 16.2 Å². The van der Waals surface area contributed by atoms with E-state index in [9.17, 15) is 9.18 Å². The third-order valence-corrected chi connectivity index (χ3v) is 3.00. The van der Waals surface area contributed by atoms with Gasteiger partial charge in [0, 0.05) is 24.0 Å². The number of anilines is 1. The first kappa shape index (κ1) is 13.5. The molecule has 0 unspecified atom stereocenters. The predicted octanol–water partition coefficient (Wildman–Crippen LogP) is 3.24. The van der Waals surface area contributed by atoms with Gasteiger partial charge in [0.15, 0.2) is 0 Å². The van der Waals surface area contributed by atoms with Gasteiger partial charge in [0.2, 0.25) is 0 Å². The van der Waals surface area contributed by atoms with Gasteiger partial charge in [-0.2, -0.15) is 0 Å². The molecule has 0 bridgehead atoms. The van der Waals surface area contributed by atoms with Crippen LogP contribution in [-0.4, -0.2) is 18.0 Å². The predicted molar refractivity (Wildman–Crippen MR) is 72.8 cm³/mol. The first-order chi connectivity index (χ1) is 9.10. The molecule has 0 aliphatic rings. The third-order valence-electron chi connectivity index (χ3n) is 2.37. The minimum absolute atomic E-state index is 0.317. The lowest BCUT2D eigenvalue weighted by Crippen LogP contribution is -2.13. The minimum Gasteiger partial charge on any atom is -0.497 e. The SMILES string of the molecule is COc1cc(F)cc(NC(=O)c2cccnc2Br)c1. The average Bonchev–Trinajstić information content (AvgIpc) is 2.38. The highest BCUT2D eigenvalue weighted by Gasteiger charge is 2.11. The van der Waals surface area contributed by atoms with Gasteiger partial charge in [-0.3, -0.25) is 4.79 Å². The molecule has 0 atom stereocenters. The fourth-order valence-corrected chi connectivity index (χ4v) is 1.94. The number of halogens is 2. The molecular weight excluding hydrogens is 315 g/mol. The summed E-state index contributed by atoms with van der Waals surface area (Å²) >= 11 is 3.18. The lowest BCUT2D eigenvalue weighted by atomic mass is 10.2. The Morgan fingerprint density at radius 1 is 1.42 bits per heavy atom. The Labute approximate surface area is 117 Å². The average molecular weight is 325 g/mol. The van der Waals surface area contributed by atoms with Gasteiger partial charge in [0.25, 0.3) is 5.91 Å². The summed E-state index contributed by atoms with van der Waals surface area (Å²) in [5, 5.41) is 2.59. The summed E-state index contributed by atoms with van der Waals surface area (Å²) in [6.07, 6.45) is 1.56. The number of aromatic nitrogens is 1. The summed E-state index contributed by atoms with van der Waals surface area (Å²) in [6.45, 7) is 0. The highest BCUT2D eigenvalue weighted by Crippen LogP contribution is 2.21. The van der Waals surface area contributed by atoms with Gasteiger partial charge in [-0.15, -0.1) is 0 Å². The number of benzene rings is 1. The Morgan fingerprint density at radius 3 is 2.89 bits per heavy atom. The number of methoxy groups -OCH3 is 1. The van der Waals surface area contributed by atoms with E-state index in [-0.39, 0.29) is 5.91 Å². The van der Waals surface area contributed by atoms with Crippen molar-refractivity contribution in [2.24, 2.45) is 0 Å². The number of ether oxygens (including phenoxy) is 1. The number of hydrogen-bond donors (Lipinski definition) is 1. The molecule has 0 aliphatic heterocycles. The number of rotatable bonds is 3. The van der Waals surface area contributed by atoms with Gasteiger partial charge in [-0.05, 0) is 34.1 Å². The van der Waals surface area contributed by atoms with E-state index >= 15 is 0 Å². The van der Waals surface area contributed by atoms with E-state index in [1.165, 1.54) is 25.3 Å². The molecule has 98 valence electrons. The lowest BCUT2D eigenvalue weighted by Gasteiger charge is -2.08. The summed E-state index contributed by atoms with van der Waals surface area (Å²) in [7, 11) is 1.43. The van der Waals surface area contributed by atoms with Crippen LogP contribution < -0.4 is 10.1 Å². The van der Waals surface area contributed by atoms with Gasteiger partial charge in [-0.1, -0.05) is 0 Å². The van der Waals surface area contributed by atoms with Crippen LogP contribution in [0.4, 0.5) is 10.1 Å². The molecule has 1 N–H and O–H groups in total. The molecule has 1 amide bonds. The molecule has 0 fully saturated rings. The second kappa shape index (κ2) is 5.79. The van der Waals surface area contributed by atoms with Crippen molar-refractivity contribution in [1.82, 2.24) is 4.98 Å². The van der Waals surface area contributed by atoms with Crippen LogP contribution in [0.5, 0.6) is 5.75 Å². The molecule has 4 nitrogen and oxygen atoms in total. The molecule has 0 saturated heterocycles. The van der Waals surface area contributed by atoms with E-state index < -0.39 is 5.82 Å². The van der Waals surface area contributed by atoms with Crippen LogP contribution in [0.15, 0.2) is 41.1 Å². The van der Waals surface area contributed by atoms with E-state index in [1.54, 1.807) is 18.3 Å². The van der Waals surface area contributed by atoms with Crippen LogP contribution in [0.3, 0.4) is 0 Å². The Morgan fingerprint density at radius 2 is 2.21 bits per heavy atom. The van der Waals surface area contributed by atoms with E-state index in [0.717, 1.165) is 0 Å². The molecule has 0 saturated carbocycles. The summed E-state index contributed by atoms with van der Waals surface area (Å²) in [4.78, 5) is 16.0. The van der Waals surface area contributed by atoms with Crippen LogP contribution >= 0.6 is 15.9 Å². The molecule has 19 heavy (non-hydrogen) atoms. The lowest BCUT2D eigenvalue weighted by molar-refractivity contribution is 0.102. The van der Waals surface area contributed by atoms with Crippen LogP contribution in [0.25, 0.3) is 0 Å². The van der Waals surface area contributed by atoms with Crippen LogP contribution in [-0.2, 0) is 0 Å². The molecule has 0 aliphatic carbocycles. The van der Waals surface area contributed by atoms with Gasteiger partial charge in [-0.25, -0.2) is 9.37 Å². The fourth-order valence-electron chi connectivity index (χ4n) is 1.51. The molecule has 1 aromatic heterocycles. The van der Waals surface area contributed by atoms with Crippen LogP contribution in [0, 0.1) is 5.82 Å². The Bertz CT molecular complexity index is 619. The standard InChI is InChI=1S/C13H10BrFN2O2/c1-19-10-6-8(15)5-9(7-10)17-13(18)11-3-2-4-16-12(11)14/h2-7H,1H3,(H,17,18). The van der Waals surface area contributed by atoms with Gasteiger partial charge in [0.05, 0.1) is 12.7 Å². The second-order valence-electron chi connectivity index (χ2n) is 3.68. The number of amides is 1. The van der Waals surface area contributed by atoms with Gasteiger partial charge < -0.3 is 10.1 Å². The number of nitrogens with zero attached hydrogens (tertiary/aromatic N) is 1. The van der Waals surface area contributed by atoms with Crippen molar-refractivity contribution in [1.29, 1.82) is 0 Å². The van der Waals surface area contributed by atoms with Crippen molar-refractivity contribution in [3.8, 4) is 5.75 Å². The number of pyridine rings is 1. The Balaban J connectivity index is 2.24. The Kier molecular flexibility index (Phi) is 4.11. The molecule has 1 heterocycles. The molecule has 6 heteroatoms. The van der Waals surface area contributed by atoms with Crippen molar-refractivity contribution in [2.75, 3.05) is 12.4 Å². The maximum absolute atomic E-state index is 13.3. The van der Waals surface area contributed by atoms with Crippen LogP contribution in [0.1, 0.15) is 10.4 Å². The third kappa shape index (κ3) is 3.29.